The first-order valence-electron chi connectivity index (χ1n) is 5.79. The highest BCUT2D eigenvalue weighted by Gasteiger charge is 2.03. The lowest BCUT2D eigenvalue weighted by Gasteiger charge is -2.07. The monoisotopic (exact) mass is 228 g/mol. The van der Waals surface area contributed by atoms with E-state index < -0.39 is 0 Å². The summed E-state index contributed by atoms with van der Waals surface area (Å²) in [7, 11) is 0. The van der Waals surface area contributed by atoms with Gasteiger partial charge in [-0.1, -0.05) is 6.92 Å². The Morgan fingerprint density at radius 1 is 1.18 bits per heavy atom. The Balaban J connectivity index is 2.32. The zero-order valence-corrected chi connectivity index (χ0v) is 10.1. The number of rotatable bonds is 4. The van der Waals surface area contributed by atoms with Gasteiger partial charge in [-0.3, -0.25) is 4.98 Å². The summed E-state index contributed by atoms with van der Waals surface area (Å²) in [5.74, 6) is 1.66. The zero-order chi connectivity index (χ0) is 12.1. The summed E-state index contributed by atoms with van der Waals surface area (Å²) in [6.07, 6.45) is 4.62. The van der Waals surface area contributed by atoms with Gasteiger partial charge < -0.3 is 5.32 Å². The lowest BCUT2D eigenvalue weighted by atomic mass is 10.2. The van der Waals surface area contributed by atoms with Gasteiger partial charge in [0, 0.05) is 30.6 Å². The highest BCUT2D eigenvalue weighted by Crippen LogP contribution is 2.18. The maximum absolute atomic E-state index is 4.43. The van der Waals surface area contributed by atoms with E-state index in [2.05, 4.69) is 27.2 Å². The van der Waals surface area contributed by atoms with E-state index in [0.717, 1.165) is 35.9 Å². The molecule has 0 fully saturated rings. The number of aryl methyl sites for hydroxylation is 1. The van der Waals surface area contributed by atoms with Gasteiger partial charge in [-0.05, 0) is 25.5 Å². The van der Waals surface area contributed by atoms with Crippen molar-refractivity contribution in [3.8, 4) is 11.3 Å². The van der Waals surface area contributed by atoms with Crippen molar-refractivity contribution < 1.29 is 0 Å². The summed E-state index contributed by atoms with van der Waals surface area (Å²) in [5, 5.41) is 3.28. The summed E-state index contributed by atoms with van der Waals surface area (Å²) in [6.45, 7) is 4.96. The van der Waals surface area contributed by atoms with Crippen molar-refractivity contribution in [2.45, 2.75) is 20.3 Å². The van der Waals surface area contributed by atoms with Crippen LogP contribution in [0.5, 0.6) is 0 Å². The second-order valence-electron chi connectivity index (χ2n) is 3.85. The van der Waals surface area contributed by atoms with Crippen LogP contribution in [0.15, 0.2) is 30.6 Å². The fourth-order valence-electron chi connectivity index (χ4n) is 1.58. The molecule has 2 rings (SSSR count). The molecule has 0 aliphatic rings. The third kappa shape index (κ3) is 3.00. The summed E-state index contributed by atoms with van der Waals surface area (Å²) in [5.41, 5.74) is 1.99. The van der Waals surface area contributed by atoms with Gasteiger partial charge in [0.1, 0.15) is 11.6 Å². The number of nitrogens with one attached hydrogen (secondary N) is 1. The first kappa shape index (κ1) is 11.5. The van der Waals surface area contributed by atoms with Crippen molar-refractivity contribution >= 4 is 5.82 Å². The van der Waals surface area contributed by atoms with Gasteiger partial charge in [-0.25, -0.2) is 9.97 Å². The molecule has 2 aromatic rings. The lowest BCUT2D eigenvalue weighted by molar-refractivity contribution is 0.955. The molecule has 0 saturated heterocycles. The van der Waals surface area contributed by atoms with Crippen molar-refractivity contribution in [3.63, 3.8) is 0 Å². The molecular weight excluding hydrogens is 212 g/mol. The molecule has 88 valence electrons. The highest BCUT2D eigenvalue weighted by atomic mass is 15.0. The van der Waals surface area contributed by atoms with E-state index in [-0.39, 0.29) is 0 Å². The molecule has 0 radical (unpaired) electrons. The van der Waals surface area contributed by atoms with Crippen LogP contribution in [0.3, 0.4) is 0 Å². The van der Waals surface area contributed by atoms with Crippen LogP contribution < -0.4 is 5.32 Å². The Hall–Kier alpha value is -1.97. The molecule has 0 amide bonds. The van der Waals surface area contributed by atoms with Crippen LogP contribution in [-0.2, 0) is 0 Å². The van der Waals surface area contributed by atoms with Gasteiger partial charge in [-0.15, -0.1) is 0 Å². The standard InChI is InChI=1S/C13H16N4/c1-3-6-15-13-9-12(16-10(2)17-13)11-4-7-14-8-5-11/h4-5,7-9H,3,6H2,1-2H3,(H,15,16,17). The molecule has 0 aliphatic heterocycles. The van der Waals surface area contributed by atoms with Gasteiger partial charge in [0.25, 0.3) is 0 Å². The molecular formula is C13H16N4. The van der Waals surface area contributed by atoms with Crippen LogP contribution >= 0.6 is 0 Å². The topological polar surface area (TPSA) is 50.7 Å². The first-order valence-corrected chi connectivity index (χ1v) is 5.79. The zero-order valence-electron chi connectivity index (χ0n) is 10.1. The third-order valence-corrected chi connectivity index (χ3v) is 2.37. The van der Waals surface area contributed by atoms with E-state index in [0.29, 0.717) is 0 Å². The average molecular weight is 228 g/mol. The van der Waals surface area contributed by atoms with E-state index in [9.17, 15) is 0 Å². The van der Waals surface area contributed by atoms with Crippen LogP contribution in [0.25, 0.3) is 11.3 Å². The van der Waals surface area contributed by atoms with Crippen LogP contribution in [0, 0.1) is 6.92 Å². The van der Waals surface area contributed by atoms with Gasteiger partial charge >= 0.3 is 0 Å². The fraction of sp³-hybridized carbons (Fsp3) is 0.308. The summed E-state index contributed by atoms with van der Waals surface area (Å²) >= 11 is 0. The molecule has 0 aliphatic carbocycles. The number of nitrogens with zero attached hydrogens (tertiary/aromatic N) is 3. The fourth-order valence-corrected chi connectivity index (χ4v) is 1.58. The number of aromatic nitrogens is 3. The molecule has 0 saturated carbocycles. The second-order valence-corrected chi connectivity index (χ2v) is 3.85. The lowest BCUT2D eigenvalue weighted by Crippen LogP contribution is -2.04. The van der Waals surface area contributed by atoms with Crippen LogP contribution in [0.2, 0.25) is 0 Å². The van der Waals surface area contributed by atoms with Crippen molar-refractivity contribution in [1.82, 2.24) is 15.0 Å². The molecule has 17 heavy (non-hydrogen) atoms. The quantitative estimate of drug-likeness (QED) is 0.874. The first-order chi connectivity index (χ1) is 8.29. The van der Waals surface area contributed by atoms with Crippen molar-refractivity contribution in [2.75, 3.05) is 11.9 Å². The molecule has 4 heteroatoms. The van der Waals surface area contributed by atoms with E-state index in [1.807, 2.05) is 25.1 Å². The molecule has 0 bridgehead atoms. The van der Waals surface area contributed by atoms with Crippen molar-refractivity contribution in [3.05, 3.63) is 36.4 Å². The second kappa shape index (κ2) is 5.39. The summed E-state index contributed by atoms with van der Waals surface area (Å²) in [6, 6.07) is 5.87. The Bertz CT molecular complexity index is 482. The van der Waals surface area contributed by atoms with Crippen LogP contribution in [-0.4, -0.2) is 21.5 Å². The normalized spacial score (nSPS) is 10.2. The number of anilines is 1. The SMILES string of the molecule is CCCNc1cc(-c2ccncc2)nc(C)n1. The van der Waals surface area contributed by atoms with E-state index in [1.165, 1.54) is 0 Å². The minimum absolute atomic E-state index is 0.776. The Kier molecular flexibility index (Phi) is 3.65. The number of hydrogen-bond donors (Lipinski definition) is 1. The average Bonchev–Trinajstić information content (AvgIpc) is 2.37. The van der Waals surface area contributed by atoms with E-state index in [1.54, 1.807) is 12.4 Å². The molecule has 4 nitrogen and oxygen atoms in total. The molecule has 0 unspecified atom stereocenters. The Morgan fingerprint density at radius 2 is 1.94 bits per heavy atom. The molecule has 0 atom stereocenters. The number of pyridine rings is 1. The summed E-state index contributed by atoms with van der Waals surface area (Å²) in [4.78, 5) is 12.8. The van der Waals surface area contributed by atoms with Crippen LogP contribution in [0.1, 0.15) is 19.2 Å². The number of hydrogen-bond acceptors (Lipinski definition) is 4. The largest absolute Gasteiger partial charge is 0.370 e. The highest BCUT2D eigenvalue weighted by molar-refractivity contribution is 5.61. The van der Waals surface area contributed by atoms with Crippen LogP contribution in [0.4, 0.5) is 5.82 Å². The minimum Gasteiger partial charge on any atom is -0.370 e. The van der Waals surface area contributed by atoms with Gasteiger partial charge in [0.05, 0.1) is 5.69 Å². The van der Waals surface area contributed by atoms with Crippen molar-refractivity contribution in [1.29, 1.82) is 0 Å². The third-order valence-electron chi connectivity index (χ3n) is 2.37. The Morgan fingerprint density at radius 3 is 2.65 bits per heavy atom. The van der Waals surface area contributed by atoms with Gasteiger partial charge in [0.2, 0.25) is 0 Å². The maximum Gasteiger partial charge on any atom is 0.130 e. The predicted octanol–water partition coefficient (Wildman–Crippen LogP) is 2.67. The molecule has 2 aromatic heterocycles. The molecule has 0 spiro atoms. The molecule has 2 heterocycles. The smallest absolute Gasteiger partial charge is 0.130 e. The van der Waals surface area contributed by atoms with Crippen molar-refractivity contribution in [2.24, 2.45) is 0 Å². The Labute approximate surface area is 101 Å². The maximum atomic E-state index is 4.43. The minimum atomic E-state index is 0.776. The van der Waals surface area contributed by atoms with E-state index >= 15 is 0 Å². The molecule has 0 aromatic carbocycles. The predicted molar refractivity (Wildman–Crippen MR) is 68.8 cm³/mol. The van der Waals surface area contributed by atoms with Gasteiger partial charge in [-0.2, -0.15) is 0 Å². The molecule has 1 N–H and O–H groups in total. The van der Waals surface area contributed by atoms with E-state index in [4.69, 9.17) is 0 Å². The van der Waals surface area contributed by atoms with Gasteiger partial charge in [0.15, 0.2) is 0 Å². The summed E-state index contributed by atoms with van der Waals surface area (Å²) < 4.78 is 0.